The first-order valence-electron chi connectivity index (χ1n) is 6.92. The van der Waals surface area contributed by atoms with Gasteiger partial charge in [-0.1, -0.05) is 31.2 Å². The van der Waals surface area contributed by atoms with Crippen LogP contribution < -0.4 is 5.73 Å². The van der Waals surface area contributed by atoms with Gasteiger partial charge in [0.25, 0.3) is 0 Å². The average molecular weight is 258 g/mol. The highest BCUT2D eigenvalue weighted by Gasteiger charge is 2.20. The van der Waals surface area contributed by atoms with E-state index in [0.29, 0.717) is 12.5 Å². The van der Waals surface area contributed by atoms with Crippen LogP contribution in [0.2, 0.25) is 0 Å². The number of benzene rings is 1. The summed E-state index contributed by atoms with van der Waals surface area (Å²) in [5.41, 5.74) is 10.2. The van der Waals surface area contributed by atoms with Crippen molar-refractivity contribution < 1.29 is 0 Å². The number of rotatable bonds is 5. The maximum atomic E-state index is 5.80. The summed E-state index contributed by atoms with van der Waals surface area (Å²) < 4.78 is 1.95. The Bertz CT molecular complexity index is 541. The van der Waals surface area contributed by atoms with E-state index < -0.39 is 0 Å². The maximum Gasteiger partial charge on any atom is 0.100 e. The molecule has 0 spiro atoms. The lowest BCUT2D eigenvalue weighted by molar-refractivity contribution is 0.590. The Morgan fingerprint density at radius 3 is 2.58 bits per heavy atom. The summed E-state index contributed by atoms with van der Waals surface area (Å²) in [6.45, 7) is 6.92. The molecule has 0 amide bonds. The third kappa shape index (κ3) is 2.68. The van der Waals surface area contributed by atoms with E-state index in [9.17, 15) is 0 Å². The van der Waals surface area contributed by atoms with Crippen molar-refractivity contribution in [2.24, 2.45) is 5.73 Å². The lowest BCUT2D eigenvalue weighted by Gasteiger charge is -2.16. The van der Waals surface area contributed by atoms with Gasteiger partial charge in [-0.3, -0.25) is 0 Å². The number of aryl methyl sites for hydroxylation is 1. The molecule has 19 heavy (non-hydrogen) atoms. The van der Waals surface area contributed by atoms with Gasteiger partial charge in [-0.15, -0.1) is 5.10 Å². The Kier molecular flexibility index (Phi) is 4.32. The molecule has 1 heterocycles. The van der Waals surface area contributed by atoms with E-state index in [2.05, 4.69) is 49.3 Å². The second-order valence-electron chi connectivity index (χ2n) is 4.89. The minimum Gasteiger partial charge on any atom is -0.325 e. The highest BCUT2D eigenvalue weighted by molar-refractivity contribution is 5.37. The molecule has 2 rings (SSSR count). The normalized spacial score (nSPS) is 11.2. The van der Waals surface area contributed by atoms with Crippen molar-refractivity contribution in [3.63, 3.8) is 0 Å². The smallest absolute Gasteiger partial charge is 0.100 e. The molecule has 1 aromatic heterocycles. The molecular weight excluding hydrogens is 236 g/mol. The zero-order valence-corrected chi connectivity index (χ0v) is 11.9. The van der Waals surface area contributed by atoms with Crippen molar-refractivity contribution in [3.05, 3.63) is 41.2 Å². The molecule has 2 N–H and O–H groups in total. The number of hydrogen-bond donors (Lipinski definition) is 1. The molecule has 0 aliphatic rings. The third-order valence-corrected chi connectivity index (χ3v) is 3.59. The Hall–Kier alpha value is -1.68. The second-order valence-corrected chi connectivity index (χ2v) is 4.89. The van der Waals surface area contributed by atoms with Gasteiger partial charge in [0.2, 0.25) is 0 Å². The molecule has 0 saturated heterocycles. The topological polar surface area (TPSA) is 56.7 Å². The van der Waals surface area contributed by atoms with Gasteiger partial charge < -0.3 is 5.73 Å². The van der Waals surface area contributed by atoms with Gasteiger partial charge in [-0.2, -0.15) is 0 Å². The first kappa shape index (κ1) is 13.7. The van der Waals surface area contributed by atoms with Crippen LogP contribution in [-0.4, -0.2) is 15.0 Å². The minimum absolute atomic E-state index is 0.442. The number of aromatic nitrogens is 3. The molecule has 0 atom stereocenters. The minimum atomic E-state index is 0.442. The summed E-state index contributed by atoms with van der Waals surface area (Å²) in [5.74, 6) is 0.453. The van der Waals surface area contributed by atoms with E-state index >= 15 is 0 Å². The average Bonchev–Trinajstić information content (AvgIpc) is 2.84. The van der Waals surface area contributed by atoms with E-state index in [1.165, 1.54) is 5.56 Å². The van der Waals surface area contributed by atoms with E-state index in [0.717, 1.165) is 29.9 Å². The van der Waals surface area contributed by atoms with Gasteiger partial charge in [0.05, 0.1) is 11.4 Å². The highest BCUT2D eigenvalue weighted by atomic mass is 15.4. The molecular formula is C15H22N4. The van der Waals surface area contributed by atoms with Crippen LogP contribution in [0.15, 0.2) is 24.3 Å². The summed E-state index contributed by atoms with van der Waals surface area (Å²) in [6.07, 6.45) is 2.14. The Morgan fingerprint density at radius 2 is 2.00 bits per heavy atom. The maximum absolute atomic E-state index is 5.80. The summed E-state index contributed by atoms with van der Waals surface area (Å²) >= 11 is 0. The number of hydrogen-bond acceptors (Lipinski definition) is 3. The zero-order chi connectivity index (χ0) is 13.8. The van der Waals surface area contributed by atoms with Crippen LogP contribution in [0.3, 0.4) is 0 Å². The quantitative estimate of drug-likeness (QED) is 0.897. The molecule has 1 aromatic carbocycles. The molecule has 0 fully saturated rings. The molecule has 0 bridgehead atoms. The van der Waals surface area contributed by atoms with Crippen LogP contribution in [0.1, 0.15) is 49.6 Å². The van der Waals surface area contributed by atoms with E-state index in [-0.39, 0.29) is 0 Å². The van der Waals surface area contributed by atoms with Gasteiger partial charge in [0.15, 0.2) is 0 Å². The van der Waals surface area contributed by atoms with Crippen LogP contribution in [-0.2, 0) is 6.54 Å². The van der Waals surface area contributed by atoms with Crippen LogP contribution in [0.5, 0.6) is 0 Å². The van der Waals surface area contributed by atoms with Gasteiger partial charge in [0.1, 0.15) is 5.69 Å². The van der Waals surface area contributed by atoms with Crippen LogP contribution in [0.25, 0.3) is 5.69 Å². The molecule has 4 nitrogen and oxygen atoms in total. The van der Waals surface area contributed by atoms with Crippen LogP contribution in [0, 0.1) is 6.92 Å². The van der Waals surface area contributed by atoms with Crippen molar-refractivity contribution in [2.75, 3.05) is 0 Å². The predicted octanol–water partition coefficient (Wildman–Crippen LogP) is 2.94. The first-order chi connectivity index (χ1) is 9.21. The number of nitrogens with two attached hydrogens (primary N) is 1. The fourth-order valence-corrected chi connectivity index (χ4v) is 2.50. The van der Waals surface area contributed by atoms with Crippen molar-refractivity contribution in [1.29, 1.82) is 0 Å². The second kappa shape index (κ2) is 5.97. The monoisotopic (exact) mass is 258 g/mol. The third-order valence-electron chi connectivity index (χ3n) is 3.59. The zero-order valence-electron chi connectivity index (χ0n) is 11.9. The lowest BCUT2D eigenvalue weighted by Crippen LogP contribution is -2.10. The molecule has 0 aliphatic heterocycles. The van der Waals surface area contributed by atoms with Crippen LogP contribution >= 0.6 is 0 Å². The highest BCUT2D eigenvalue weighted by Crippen LogP contribution is 2.27. The molecule has 102 valence electrons. The lowest BCUT2D eigenvalue weighted by atomic mass is 9.97. The molecule has 0 unspecified atom stereocenters. The first-order valence-corrected chi connectivity index (χ1v) is 6.92. The van der Waals surface area contributed by atoms with Crippen molar-refractivity contribution in [1.82, 2.24) is 15.0 Å². The van der Waals surface area contributed by atoms with Gasteiger partial charge >= 0.3 is 0 Å². The van der Waals surface area contributed by atoms with Crippen LogP contribution in [0.4, 0.5) is 0 Å². The summed E-state index contributed by atoms with van der Waals surface area (Å²) in [5, 5.41) is 8.55. The van der Waals surface area contributed by atoms with Crippen molar-refractivity contribution >= 4 is 0 Å². The fraction of sp³-hybridized carbons (Fsp3) is 0.467. The summed E-state index contributed by atoms with van der Waals surface area (Å²) in [6, 6.07) is 8.32. The van der Waals surface area contributed by atoms with Gasteiger partial charge in [-0.05, 0) is 37.5 Å². The Labute approximate surface area is 114 Å². The summed E-state index contributed by atoms with van der Waals surface area (Å²) in [7, 11) is 0. The standard InChI is InChI=1S/C15H22N4/c1-4-12(5-2)15-14(10-16)17-18-19(15)13-8-6-7-11(3)9-13/h6-9,12H,4-5,10,16H2,1-3H3. The molecule has 2 aromatic rings. The van der Waals surface area contributed by atoms with Crippen molar-refractivity contribution in [3.8, 4) is 5.69 Å². The van der Waals surface area contributed by atoms with Gasteiger partial charge in [-0.25, -0.2) is 4.68 Å². The molecule has 4 heteroatoms. The molecule has 0 aliphatic carbocycles. The fourth-order valence-electron chi connectivity index (χ4n) is 2.50. The molecule has 0 radical (unpaired) electrons. The largest absolute Gasteiger partial charge is 0.325 e. The predicted molar refractivity (Wildman–Crippen MR) is 77.3 cm³/mol. The Morgan fingerprint density at radius 1 is 1.26 bits per heavy atom. The SMILES string of the molecule is CCC(CC)c1c(CN)nnn1-c1cccc(C)c1. The van der Waals surface area contributed by atoms with E-state index in [4.69, 9.17) is 5.73 Å². The summed E-state index contributed by atoms with van der Waals surface area (Å²) in [4.78, 5) is 0. The van der Waals surface area contributed by atoms with Crippen molar-refractivity contribution in [2.45, 2.75) is 46.1 Å². The van der Waals surface area contributed by atoms with E-state index in [1.54, 1.807) is 0 Å². The Balaban J connectivity index is 2.54. The molecule has 0 saturated carbocycles. The number of nitrogens with zero attached hydrogens (tertiary/aromatic N) is 3. The van der Waals surface area contributed by atoms with E-state index in [1.807, 2.05) is 10.7 Å². The van der Waals surface area contributed by atoms with Gasteiger partial charge in [0, 0.05) is 12.5 Å².